The summed E-state index contributed by atoms with van der Waals surface area (Å²) in [4.78, 5) is 0. The Hall–Kier alpha value is -2.28. The van der Waals surface area contributed by atoms with E-state index in [-0.39, 0.29) is 0 Å². The number of nitrogens with zero attached hydrogens (tertiary/aromatic N) is 1. The molecule has 0 N–H and O–H groups in total. The molecule has 0 amide bonds. The molecule has 0 unspecified atom stereocenters. The van der Waals surface area contributed by atoms with Gasteiger partial charge in [0.15, 0.2) is 0 Å². The molecule has 1 nitrogen and oxygen atoms in total. The molecular formula is C19H19N. The third-order valence-corrected chi connectivity index (χ3v) is 3.73. The standard InChI is InChI=1S/C19H19N/c1-2-18-12-8-14-20(18)15-17-11-6-7-13-19(17)16-9-4-3-5-10-16/h3-14H,2,15H2,1H3. The average molecular weight is 261 g/mol. The van der Waals surface area contributed by atoms with E-state index in [4.69, 9.17) is 0 Å². The van der Waals surface area contributed by atoms with Crippen molar-refractivity contribution in [2.24, 2.45) is 0 Å². The Balaban J connectivity index is 1.99. The van der Waals surface area contributed by atoms with Crippen molar-refractivity contribution >= 4 is 0 Å². The highest BCUT2D eigenvalue weighted by molar-refractivity contribution is 5.67. The molecule has 0 aliphatic carbocycles. The molecule has 3 rings (SSSR count). The van der Waals surface area contributed by atoms with Crippen molar-refractivity contribution in [2.75, 3.05) is 0 Å². The van der Waals surface area contributed by atoms with Crippen LogP contribution in [-0.4, -0.2) is 4.57 Å². The van der Waals surface area contributed by atoms with Crippen molar-refractivity contribution in [2.45, 2.75) is 19.9 Å². The first-order chi connectivity index (χ1) is 9.88. The molecule has 0 aliphatic heterocycles. The molecule has 1 heterocycles. The summed E-state index contributed by atoms with van der Waals surface area (Å²) in [6.07, 6.45) is 3.24. The van der Waals surface area contributed by atoms with Crippen LogP contribution in [0.4, 0.5) is 0 Å². The van der Waals surface area contributed by atoms with E-state index < -0.39 is 0 Å². The number of benzene rings is 2. The van der Waals surface area contributed by atoms with Crippen LogP contribution in [0.1, 0.15) is 18.2 Å². The van der Waals surface area contributed by atoms with Gasteiger partial charge in [-0.1, -0.05) is 61.5 Å². The van der Waals surface area contributed by atoms with Crippen LogP contribution in [0.25, 0.3) is 11.1 Å². The van der Waals surface area contributed by atoms with Crippen molar-refractivity contribution in [1.29, 1.82) is 0 Å². The largest absolute Gasteiger partial charge is 0.347 e. The third-order valence-electron chi connectivity index (χ3n) is 3.73. The molecule has 20 heavy (non-hydrogen) atoms. The normalized spacial score (nSPS) is 10.7. The fourth-order valence-electron chi connectivity index (χ4n) is 2.67. The highest BCUT2D eigenvalue weighted by atomic mass is 15.0. The van der Waals surface area contributed by atoms with Gasteiger partial charge in [0.05, 0.1) is 0 Å². The van der Waals surface area contributed by atoms with Gasteiger partial charge < -0.3 is 4.57 Å². The second-order valence-corrected chi connectivity index (χ2v) is 5.00. The van der Waals surface area contributed by atoms with E-state index in [2.05, 4.69) is 84.4 Å². The molecule has 0 spiro atoms. The minimum atomic E-state index is 0.932. The van der Waals surface area contributed by atoms with Crippen LogP contribution >= 0.6 is 0 Å². The maximum atomic E-state index is 2.34. The summed E-state index contributed by atoms with van der Waals surface area (Å²) >= 11 is 0. The number of hydrogen-bond acceptors (Lipinski definition) is 0. The fourth-order valence-corrected chi connectivity index (χ4v) is 2.67. The van der Waals surface area contributed by atoms with E-state index in [1.54, 1.807) is 0 Å². The number of aromatic nitrogens is 1. The SMILES string of the molecule is CCc1cccn1Cc1ccccc1-c1ccccc1. The molecule has 0 fully saturated rings. The van der Waals surface area contributed by atoms with E-state index in [0.29, 0.717) is 0 Å². The first-order valence-electron chi connectivity index (χ1n) is 7.16. The molecule has 3 aromatic rings. The predicted octanol–water partition coefficient (Wildman–Crippen LogP) is 4.77. The molecule has 100 valence electrons. The zero-order chi connectivity index (χ0) is 13.8. The second-order valence-electron chi connectivity index (χ2n) is 5.00. The topological polar surface area (TPSA) is 4.93 Å². The summed E-state index contributed by atoms with van der Waals surface area (Å²) in [6, 6.07) is 23.6. The van der Waals surface area contributed by atoms with Gasteiger partial charge in [0.1, 0.15) is 0 Å². The first-order valence-corrected chi connectivity index (χ1v) is 7.16. The Morgan fingerprint density at radius 1 is 0.800 bits per heavy atom. The van der Waals surface area contributed by atoms with Gasteiger partial charge in [0, 0.05) is 18.4 Å². The lowest BCUT2D eigenvalue weighted by Gasteiger charge is -2.13. The summed E-state index contributed by atoms with van der Waals surface area (Å²) in [5.41, 5.74) is 5.36. The lowest BCUT2D eigenvalue weighted by Crippen LogP contribution is -2.03. The van der Waals surface area contributed by atoms with Crippen molar-refractivity contribution in [3.05, 3.63) is 84.2 Å². The minimum Gasteiger partial charge on any atom is -0.347 e. The third kappa shape index (κ3) is 2.53. The van der Waals surface area contributed by atoms with Gasteiger partial charge in [-0.25, -0.2) is 0 Å². The van der Waals surface area contributed by atoms with Crippen LogP contribution in [0.3, 0.4) is 0 Å². The van der Waals surface area contributed by atoms with Crippen LogP contribution in [0.5, 0.6) is 0 Å². The summed E-state index contributed by atoms with van der Waals surface area (Å²) in [5, 5.41) is 0. The Labute approximate surface area is 120 Å². The van der Waals surface area contributed by atoms with Crippen LogP contribution < -0.4 is 0 Å². The zero-order valence-electron chi connectivity index (χ0n) is 11.8. The number of hydrogen-bond donors (Lipinski definition) is 0. The van der Waals surface area contributed by atoms with Gasteiger partial charge in [-0.2, -0.15) is 0 Å². The highest BCUT2D eigenvalue weighted by Crippen LogP contribution is 2.24. The highest BCUT2D eigenvalue weighted by Gasteiger charge is 2.06. The van der Waals surface area contributed by atoms with Gasteiger partial charge in [0.2, 0.25) is 0 Å². The van der Waals surface area contributed by atoms with Gasteiger partial charge in [-0.3, -0.25) is 0 Å². The minimum absolute atomic E-state index is 0.932. The Bertz CT molecular complexity index is 680. The van der Waals surface area contributed by atoms with E-state index in [1.165, 1.54) is 22.4 Å². The summed E-state index contributed by atoms with van der Waals surface area (Å²) in [5.74, 6) is 0. The second kappa shape index (κ2) is 5.79. The van der Waals surface area contributed by atoms with Crippen molar-refractivity contribution in [3.63, 3.8) is 0 Å². The Morgan fingerprint density at radius 2 is 1.55 bits per heavy atom. The van der Waals surface area contributed by atoms with E-state index >= 15 is 0 Å². The van der Waals surface area contributed by atoms with Crippen LogP contribution in [-0.2, 0) is 13.0 Å². The van der Waals surface area contributed by atoms with Crippen LogP contribution in [0.15, 0.2) is 72.9 Å². The predicted molar refractivity (Wildman–Crippen MR) is 84.8 cm³/mol. The molecule has 0 radical (unpaired) electrons. The maximum absolute atomic E-state index is 2.34. The fraction of sp³-hybridized carbons (Fsp3) is 0.158. The zero-order valence-corrected chi connectivity index (χ0v) is 11.8. The van der Waals surface area contributed by atoms with Gasteiger partial charge in [-0.05, 0) is 35.2 Å². The van der Waals surface area contributed by atoms with Crippen LogP contribution in [0.2, 0.25) is 0 Å². The number of rotatable bonds is 4. The van der Waals surface area contributed by atoms with Crippen LogP contribution in [0, 0.1) is 0 Å². The molecule has 0 saturated carbocycles. The Morgan fingerprint density at radius 3 is 2.35 bits per heavy atom. The smallest absolute Gasteiger partial charge is 0.0478 e. The average Bonchev–Trinajstić information content (AvgIpc) is 2.96. The molecular weight excluding hydrogens is 242 g/mol. The molecule has 1 heteroatoms. The lowest BCUT2D eigenvalue weighted by atomic mass is 9.99. The van der Waals surface area contributed by atoms with Crippen molar-refractivity contribution in [3.8, 4) is 11.1 Å². The van der Waals surface area contributed by atoms with Crippen molar-refractivity contribution in [1.82, 2.24) is 4.57 Å². The summed E-state index contributed by atoms with van der Waals surface area (Å²) in [6.45, 7) is 3.14. The molecule has 1 aromatic heterocycles. The van der Waals surface area contributed by atoms with Crippen molar-refractivity contribution < 1.29 is 0 Å². The van der Waals surface area contributed by atoms with E-state index in [9.17, 15) is 0 Å². The quantitative estimate of drug-likeness (QED) is 0.637. The van der Waals surface area contributed by atoms with E-state index in [1.807, 2.05) is 0 Å². The number of aryl methyl sites for hydroxylation is 1. The van der Waals surface area contributed by atoms with Gasteiger partial charge in [0.25, 0.3) is 0 Å². The summed E-state index contributed by atoms with van der Waals surface area (Å²) < 4.78 is 2.34. The first kappa shape index (κ1) is 12.7. The van der Waals surface area contributed by atoms with Gasteiger partial charge >= 0.3 is 0 Å². The molecule has 0 aliphatic rings. The summed E-state index contributed by atoms with van der Waals surface area (Å²) in [7, 11) is 0. The molecule has 0 bridgehead atoms. The molecule has 0 atom stereocenters. The van der Waals surface area contributed by atoms with E-state index in [0.717, 1.165) is 13.0 Å². The Kier molecular flexibility index (Phi) is 3.69. The molecule has 0 saturated heterocycles. The monoisotopic (exact) mass is 261 g/mol. The molecule has 2 aromatic carbocycles. The van der Waals surface area contributed by atoms with Gasteiger partial charge in [-0.15, -0.1) is 0 Å². The maximum Gasteiger partial charge on any atom is 0.0478 e. The lowest BCUT2D eigenvalue weighted by molar-refractivity contribution is 0.752.